The molecule has 0 spiro atoms. The van der Waals surface area contributed by atoms with Gasteiger partial charge in [0.05, 0.1) is 6.61 Å². The van der Waals surface area contributed by atoms with Crippen LogP contribution in [0.3, 0.4) is 0 Å². The first-order chi connectivity index (χ1) is 7.65. The second kappa shape index (κ2) is 6.74. The smallest absolute Gasteiger partial charge is 0.122 e. The van der Waals surface area contributed by atoms with E-state index in [1.54, 1.807) is 0 Å². The molecule has 1 aromatic rings. The molecule has 0 radical (unpaired) electrons. The summed E-state index contributed by atoms with van der Waals surface area (Å²) in [5.74, 6) is 1.48. The van der Waals surface area contributed by atoms with Crippen LogP contribution in [0.25, 0.3) is 0 Å². The van der Waals surface area contributed by atoms with Gasteiger partial charge in [-0.3, -0.25) is 0 Å². The Labute approximate surface area is 107 Å². The minimum Gasteiger partial charge on any atom is -0.493 e. The van der Waals surface area contributed by atoms with Gasteiger partial charge in [0.15, 0.2) is 0 Å². The van der Waals surface area contributed by atoms with Crippen LogP contribution >= 0.6 is 15.9 Å². The van der Waals surface area contributed by atoms with Gasteiger partial charge in [-0.2, -0.15) is 0 Å². The van der Waals surface area contributed by atoms with E-state index in [0.29, 0.717) is 5.92 Å². The lowest BCUT2D eigenvalue weighted by molar-refractivity contribution is 0.308. The summed E-state index contributed by atoms with van der Waals surface area (Å²) in [6.45, 7) is 8.82. The maximum Gasteiger partial charge on any atom is 0.122 e. The van der Waals surface area contributed by atoms with Crippen molar-refractivity contribution in [2.24, 2.45) is 0 Å². The highest BCUT2D eigenvalue weighted by Gasteiger charge is 2.08. The third-order valence-corrected chi connectivity index (χ3v) is 2.90. The van der Waals surface area contributed by atoms with Gasteiger partial charge in [-0.05, 0) is 42.5 Å². The van der Waals surface area contributed by atoms with Crippen LogP contribution < -0.4 is 4.74 Å². The molecule has 0 N–H and O–H groups in total. The van der Waals surface area contributed by atoms with E-state index in [2.05, 4.69) is 42.4 Å². The van der Waals surface area contributed by atoms with Crippen molar-refractivity contribution in [1.29, 1.82) is 0 Å². The van der Waals surface area contributed by atoms with Gasteiger partial charge in [0.1, 0.15) is 5.75 Å². The van der Waals surface area contributed by atoms with Crippen LogP contribution in [-0.2, 0) is 0 Å². The second-order valence-corrected chi connectivity index (χ2v) is 5.03. The number of hydrogen-bond acceptors (Lipinski definition) is 1. The Morgan fingerprint density at radius 2 is 2.19 bits per heavy atom. The molecule has 88 valence electrons. The molecule has 1 nitrogen and oxygen atoms in total. The quantitative estimate of drug-likeness (QED) is 0.532. The van der Waals surface area contributed by atoms with Crippen molar-refractivity contribution in [2.75, 3.05) is 6.61 Å². The Morgan fingerprint density at radius 3 is 2.81 bits per heavy atom. The standard InChI is InChI=1S/C14H19BrO/c1-4-5-6-9-16-14-8-7-12(15)10-13(14)11(2)3/h4,7-8,10-11H,1,5-6,9H2,2-3H3. The minimum absolute atomic E-state index is 0.479. The fourth-order valence-corrected chi connectivity index (χ4v) is 1.89. The fourth-order valence-electron chi connectivity index (χ4n) is 1.51. The monoisotopic (exact) mass is 282 g/mol. The topological polar surface area (TPSA) is 9.23 Å². The van der Waals surface area contributed by atoms with Crippen molar-refractivity contribution in [2.45, 2.75) is 32.6 Å². The summed E-state index contributed by atoms with van der Waals surface area (Å²) in [5.41, 5.74) is 1.26. The summed E-state index contributed by atoms with van der Waals surface area (Å²) in [4.78, 5) is 0. The normalized spacial score (nSPS) is 10.5. The van der Waals surface area contributed by atoms with Crippen LogP contribution in [0.2, 0.25) is 0 Å². The number of benzene rings is 1. The van der Waals surface area contributed by atoms with E-state index in [0.717, 1.165) is 29.7 Å². The zero-order chi connectivity index (χ0) is 12.0. The summed E-state index contributed by atoms with van der Waals surface area (Å²) in [5, 5.41) is 0. The van der Waals surface area contributed by atoms with Crippen molar-refractivity contribution in [1.82, 2.24) is 0 Å². The van der Waals surface area contributed by atoms with Crippen LogP contribution in [0.5, 0.6) is 5.75 Å². The number of halogens is 1. The summed E-state index contributed by atoms with van der Waals surface area (Å²) < 4.78 is 6.89. The molecule has 16 heavy (non-hydrogen) atoms. The highest BCUT2D eigenvalue weighted by Crippen LogP contribution is 2.29. The molecule has 0 aliphatic heterocycles. The first kappa shape index (κ1) is 13.3. The Hall–Kier alpha value is -0.760. The van der Waals surface area contributed by atoms with E-state index < -0.39 is 0 Å². The van der Waals surface area contributed by atoms with Gasteiger partial charge in [-0.25, -0.2) is 0 Å². The third-order valence-electron chi connectivity index (χ3n) is 2.40. The third kappa shape index (κ3) is 4.01. The number of unbranched alkanes of at least 4 members (excludes halogenated alkanes) is 1. The SMILES string of the molecule is C=CCCCOc1ccc(Br)cc1C(C)C. The van der Waals surface area contributed by atoms with Crippen molar-refractivity contribution in [3.63, 3.8) is 0 Å². The molecule has 0 unspecified atom stereocenters. The largest absolute Gasteiger partial charge is 0.493 e. The maximum atomic E-state index is 5.79. The average molecular weight is 283 g/mol. The summed E-state index contributed by atoms with van der Waals surface area (Å²) in [6.07, 6.45) is 3.96. The molecule has 0 amide bonds. The van der Waals surface area contributed by atoms with Crippen LogP contribution in [0.15, 0.2) is 35.3 Å². The molecule has 1 aromatic carbocycles. The van der Waals surface area contributed by atoms with E-state index in [4.69, 9.17) is 4.74 Å². The number of hydrogen-bond donors (Lipinski definition) is 0. The molecule has 2 heteroatoms. The summed E-state index contributed by atoms with van der Waals surface area (Å²) in [7, 11) is 0. The van der Waals surface area contributed by atoms with E-state index in [1.807, 2.05) is 18.2 Å². The van der Waals surface area contributed by atoms with Crippen LogP contribution in [0.4, 0.5) is 0 Å². The van der Waals surface area contributed by atoms with Gasteiger partial charge in [0.2, 0.25) is 0 Å². The van der Waals surface area contributed by atoms with Gasteiger partial charge in [-0.1, -0.05) is 35.9 Å². The summed E-state index contributed by atoms with van der Waals surface area (Å²) >= 11 is 3.49. The Morgan fingerprint density at radius 1 is 1.44 bits per heavy atom. The van der Waals surface area contributed by atoms with Crippen LogP contribution in [0, 0.1) is 0 Å². The summed E-state index contributed by atoms with van der Waals surface area (Å²) in [6, 6.07) is 6.19. The Bertz CT molecular complexity index is 345. The molecular formula is C14H19BrO. The molecule has 0 bridgehead atoms. The Kier molecular flexibility index (Phi) is 5.61. The molecular weight excluding hydrogens is 264 g/mol. The zero-order valence-corrected chi connectivity index (χ0v) is 11.6. The lowest BCUT2D eigenvalue weighted by Gasteiger charge is -2.14. The average Bonchev–Trinajstić information content (AvgIpc) is 2.26. The molecule has 0 aliphatic carbocycles. The lowest BCUT2D eigenvalue weighted by atomic mass is 10.0. The van der Waals surface area contributed by atoms with Gasteiger partial charge in [0.25, 0.3) is 0 Å². The van der Waals surface area contributed by atoms with Crippen LogP contribution in [-0.4, -0.2) is 6.61 Å². The first-order valence-corrected chi connectivity index (χ1v) is 6.47. The molecule has 0 heterocycles. The second-order valence-electron chi connectivity index (χ2n) is 4.12. The van der Waals surface area contributed by atoms with Gasteiger partial charge in [-0.15, -0.1) is 6.58 Å². The van der Waals surface area contributed by atoms with Crippen molar-refractivity contribution in [3.8, 4) is 5.75 Å². The zero-order valence-electron chi connectivity index (χ0n) is 10.0. The Balaban J connectivity index is 2.67. The molecule has 0 saturated carbocycles. The predicted molar refractivity (Wildman–Crippen MR) is 73.2 cm³/mol. The van der Waals surface area contributed by atoms with E-state index in [9.17, 15) is 0 Å². The van der Waals surface area contributed by atoms with Gasteiger partial charge in [0, 0.05) is 4.47 Å². The molecule has 0 atom stereocenters. The van der Waals surface area contributed by atoms with Crippen molar-refractivity contribution < 1.29 is 4.74 Å². The molecule has 1 rings (SSSR count). The first-order valence-electron chi connectivity index (χ1n) is 5.68. The van der Waals surface area contributed by atoms with E-state index in [-0.39, 0.29) is 0 Å². The molecule has 0 saturated heterocycles. The highest BCUT2D eigenvalue weighted by molar-refractivity contribution is 9.10. The molecule has 0 fully saturated rings. The van der Waals surface area contributed by atoms with Crippen molar-refractivity contribution >= 4 is 15.9 Å². The van der Waals surface area contributed by atoms with Crippen LogP contribution in [0.1, 0.15) is 38.2 Å². The van der Waals surface area contributed by atoms with E-state index in [1.165, 1.54) is 5.56 Å². The maximum absolute atomic E-state index is 5.79. The van der Waals surface area contributed by atoms with Gasteiger partial charge < -0.3 is 4.74 Å². The van der Waals surface area contributed by atoms with Gasteiger partial charge >= 0.3 is 0 Å². The van der Waals surface area contributed by atoms with E-state index >= 15 is 0 Å². The predicted octanol–water partition coefficient (Wildman–Crippen LogP) is 4.92. The number of rotatable bonds is 6. The highest BCUT2D eigenvalue weighted by atomic mass is 79.9. The van der Waals surface area contributed by atoms with Crippen molar-refractivity contribution in [3.05, 3.63) is 40.9 Å². The number of allylic oxidation sites excluding steroid dienone is 1. The lowest BCUT2D eigenvalue weighted by Crippen LogP contribution is -2.01. The molecule has 0 aromatic heterocycles. The fraction of sp³-hybridized carbons (Fsp3) is 0.429. The minimum atomic E-state index is 0.479. The molecule has 0 aliphatic rings. The number of ether oxygens (including phenoxy) is 1.